The van der Waals surface area contributed by atoms with Crippen LogP contribution in [0.4, 0.5) is 0 Å². The van der Waals surface area contributed by atoms with Gasteiger partial charge >= 0.3 is 0 Å². The second-order valence-electron chi connectivity index (χ2n) is 6.18. The zero-order chi connectivity index (χ0) is 13.5. The van der Waals surface area contributed by atoms with E-state index in [1.54, 1.807) is 18.4 Å². The summed E-state index contributed by atoms with van der Waals surface area (Å²) in [6, 6.07) is 0. The van der Waals surface area contributed by atoms with Crippen LogP contribution in [0.15, 0.2) is 10.9 Å². The van der Waals surface area contributed by atoms with Gasteiger partial charge in [-0.3, -0.25) is 9.99 Å². The van der Waals surface area contributed by atoms with Gasteiger partial charge in [-0.15, -0.1) is 11.3 Å². The summed E-state index contributed by atoms with van der Waals surface area (Å²) < 4.78 is 5.78. The topological polar surface area (TPSA) is 37.4 Å². The van der Waals surface area contributed by atoms with Crippen LogP contribution in [0.3, 0.4) is 0 Å². The van der Waals surface area contributed by atoms with Crippen molar-refractivity contribution in [3.63, 3.8) is 0 Å². The highest BCUT2D eigenvalue weighted by Crippen LogP contribution is 2.59. The van der Waals surface area contributed by atoms with Crippen molar-refractivity contribution in [1.29, 1.82) is 0 Å². The van der Waals surface area contributed by atoms with Crippen molar-refractivity contribution in [2.24, 2.45) is 5.41 Å². The van der Waals surface area contributed by atoms with Crippen LogP contribution in [0.25, 0.3) is 0 Å². The lowest BCUT2D eigenvalue weighted by molar-refractivity contribution is -0.0716. The highest BCUT2D eigenvalue weighted by Gasteiger charge is 2.58. The van der Waals surface area contributed by atoms with Gasteiger partial charge < -0.3 is 4.74 Å². The van der Waals surface area contributed by atoms with E-state index in [1.165, 1.54) is 19.3 Å². The normalized spacial score (nSPS) is 30.9. The molecule has 0 amide bonds. The fraction of sp³-hybridized carbons (Fsp3) is 0.769. The van der Waals surface area contributed by atoms with E-state index in [2.05, 4.69) is 36.7 Å². The van der Waals surface area contributed by atoms with Gasteiger partial charge in [0.25, 0.3) is 0 Å². The number of nitrogens with zero attached hydrogens (tertiary/aromatic N) is 2. The van der Waals surface area contributed by atoms with Crippen LogP contribution in [0.2, 0.25) is 0 Å². The maximum atomic E-state index is 5.78. The Morgan fingerprint density at radius 3 is 2.95 bits per heavy atom. The van der Waals surface area contributed by atoms with Crippen LogP contribution in [0, 0.1) is 5.41 Å². The van der Waals surface area contributed by atoms with Gasteiger partial charge in [0.1, 0.15) is 0 Å². The Hall–Kier alpha value is -0.0600. The highest BCUT2D eigenvalue weighted by atomic mass is 32.1. The molecule has 6 heteroatoms. The minimum absolute atomic E-state index is 0.0189. The van der Waals surface area contributed by atoms with Gasteiger partial charge in [0.05, 0.1) is 11.2 Å². The van der Waals surface area contributed by atoms with E-state index in [4.69, 9.17) is 4.74 Å². The van der Waals surface area contributed by atoms with Crippen molar-refractivity contribution in [1.82, 2.24) is 15.0 Å². The van der Waals surface area contributed by atoms with Gasteiger partial charge in [-0.05, 0) is 31.6 Å². The molecule has 1 spiro atoms. The van der Waals surface area contributed by atoms with Crippen LogP contribution in [0.1, 0.15) is 38.1 Å². The molecule has 19 heavy (non-hydrogen) atoms. The summed E-state index contributed by atoms with van der Waals surface area (Å²) in [6.07, 6.45) is 3.97. The Labute approximate surface area is 121 Å². The maximum Gasteiger partial charge on any atom is 0.154 e. The Morgan fingerprint density at radius 2 is 2.42 bits per heavy atom. The molecule has 4 nitrogen and oxygen atoms in total. The monoisotopic (exact) mass is 299 g/mol. The quantitative estimate of drug-likeness (QED) is 0.847. The SMILES string of the molecule is COC(c1cscn1)N1CC2(CC2)CC1(C)CNP. The molecule has 2 fully saturated rings. The first-order valence-corrected chi connectivity index (χ1v) is 8.26. The smallest absolute Gasteiger partial charge is 0.154 e. The average Bonchev–Trinajstić information content (AvgIpc) is 2.82. The van der Waals surface area contributed by atoms with Crippen LogP contribution in [-0.2, 0) is 4.74 Å². The molecule has 106 valence electrons. The van der Waals surface area contributed by atoms with Crippen LogP contribution in [0.5, 0.6) is 0 Å². The number of likely N-dealkylation sites (tertiary alicyclic amines) is 1. The lowest BCUT2D eigenvalue weighted by Crippen LogP contribution is -2.49. The molecule has 1 aromatic rings. The molecule has 1 N–H and O–H groups in total. The zero-order valence-corrected chi connectivity index (χ0v) is 13.5. The first-order chi connectivity index (χ1) is 9.12. The van der Waals surface area contributed by atoms with Crippen molar-refractivity contribution in [2.75, 3.05) is 20.2 Å². The highest BCUT2D eigenvalue weighted by molar-refractivity contribution is 7.13. The predicted molar refractivity (Wildman–Crippen MR) is 81.0 cm³/mol. The number of thiazole rings is 1. The Morgan fingerprint density at radius 1 is 1.63 bits per heavy atom. The molecule has 1 aliphatic carbocycles. The fourth-order valence-electron chi connectivity index (χ4n) is 3.53. The summed E-state index contributed by atoms with van der Waals surface area (Å²) in [5, 5.41) is 5.37. The molecule has 3 unspecified atom stereocenters. The number of methoxy groups -OCH3 is 1. The molecule has 1 saturated heterocycles. The first kappa shape index (κ1) is 13.9. The second kappa shape index (κ2) is 5.05. The minimum Gasteiger partial charge on any atom is -0.360 e. The van der Waals surface area contributed by atoms with Crippen molar-refractivity contribution < 1.29 is 4.74 Å². The number of nitrogens with one attached hydrogen (secondary N) is 1. The third kappa shape index (κ3) is 2.47. The first-order valence-electron chi connectivity index (χ1n) is 6.74. The summed E-state index contributed by atoms with van der Waals surface area (Å²) in [4.78, 5) is 6.96. The standard InChI is InChI=1S/C13H22N3OPS/c1-12(7-15-18)6-13(3-4-13)8-16(12)11(17-2)10-5-19-9-14-10/h5,9,11,15H,3-4,6-8,18H2,1-2H3. The van der Waals surface area contributed by atoms with E-state index < -0.39 is 0 Å². The lowest BCUT2D eigenvalue weighted by Gasteiger charge is -2.39. The van der Waals surface area contributed by atoms with E-state index in [0.29, 0.717) is 5.41 Å². The van der Waals surface area contributed by atoms with E-state index in [9.17, 15) is 0 Å². The molecule has 0 bridgehead atoms. The van der Waals surface area contributed by atoms with Crippen molar-refractivity contribution in [3.8, 4) is 0 Å². The zero-order valence-electron chi connectivity index (χ0n) is 11.6. The molecule has 2 aliphatic rings. The molecule has 1 aromatic heterocycles. The van der Waals surface area contributed by atoms with Crippen LogP contribution >= 0.6 is 20.7 Å². The molecule has 3 rings (SSSR count). The lowest BCUT2D eigenvalue weighted by atomic mass is 9.92. The van der Waals surface area contributed by atoms with E-state index >= 15 is 0 Å². The third-order valence-corrected chi connectivity index (χ3v) is 5.41. The summed E-state index contributed by atoms with van der Waals surface area (Å²) in [5.74, 6) is 0. The number of hydrogen-bond acceptors (Lipinski definition) is 5. The summed E-state index contributed by atoms with van der Waals surface area (Å²) in [6.45, 7) is 4.44. The van der Waals surface area contributed by atoms with E-state index in [-0.39, 0.29) is 11.8 Å². The van der Waals surface area contributed by atoms with E-state index in [1.807, 2.05) is 5.51 Å². The number of aromatic nitrogens is 1. The molecule has 2 heterocycles. The van der Waals surface area contributed by atoms with Crippen molar-refractivity contribution >= 4 is 20.7 Å². The molecule has 0 radical (unpaired) electrons. The van der Waals surface area contributed by atoms with E-state index in [0.717, 1.165) is 18.8 Å². The Bertz CT molecular complexity index is 437. The molecule has 1 aliphatic heterocycles. The number of rotatable bonds is 5. The van der Waals surface area contributed by atoms with Gasteiger partial charge in [0.2, 0.25) is 0 Å². The van der Waals surface area contributed by atoms with Crippen molar-refractivity contribution in [2.45, 2.75) is 38.0 Å². The van der Waals surface area contributed by atoms with Gasteiger partial charge in [-0.1, -0.05) is 9.39 Å². The summed E-state index contributed by atoms with van der Waals surface area (Å²) in [7, 11) is 4.42. The third-order valence-electron chi connectivity index (χ3n) is 4.61. The van der Waals surface area contributed by atoms with Gasteiger partial charge in [0.15, 0.2) is 6.23 Å². The number of hydrogen-bond donors (Lipinski definition) is 1. The average molecular weight is 299 g/mol. The Kier molecular flexibility index (Phi) is 3.69. The molecular weight excluding hydrogens is 277 g/mol. The molecular formula is C13H22N3OPS. The van der Waals surface area contributed by atoms with Crippen molar-refractivity contribution in [3.05, 3.63) is 16.6 Å². The fourth-order valence-corrected chi connectivity index (χ4v) is 4.53. The number of ether oxygens (including phenoxy) is 1. The van der Waals surface area contributed by atoms with Gasteiger partial charge in [0, 0.05) is 31.1 Å². The molecule has 0 aromatic carbocycles. The summed E-state index contributed by atoms with van der Waals surface area (Å²) in [5.41, 5.74) is 3.61. The minimum atomic E-state index is -0.0189. The Balaban J connectivity index is 1.87. The van der Waals surface area contributed by atoms with Gasteiger partial charge in [-0.25, -0.2) is 4.98 Å². The molecule has 1 saturated carbocycles. The molecule has 3 atom stereocenters. The van der Waals surface area contributed by atoms with Gasteiger partial charge in [-0.2, -0.15) is 0 Å². The summed E-state index contributed by atoms with van der Waals surface area (Å²) >= 11 is 1.63. The van der Waals surface area contributed by atoms with Crippen LogP contribution < -0.4 is 5.09 Å². The van der Waals surface area contributed by atoms with Crippen LogP contribution in [-0.4, -0.2) is 35.6 Å². The second-order valence-corrected chi connectivity index (χ2v) is 7.31. The maximum absolute atomic E-state index is 5.78. The predicted octanol–water partition coefficient (Wildman–Crippen LogP) is 2.41. The largest absolute Gasteiger partial charge is 0.360 e.